The molecule has 27 heavy (non-hydrogen) atoms. The quantitative estimate of drug-likeness (QED) is 0.423. The van der Waals surface area contributed by atoms with Crippen molar-refractivity contribution in [2.24, 2.45) is 23.2 Å². The van der Waals surface area contributed by atoms with Crippen molar-refractivity contribution in [1.29, 1.82) is 0 Å². The van der Waals surface area contributed by atoms with Gasteiger partial charge in [0.1, 0.15) is 13.1 Å². The number of benzene rings is 1. The molecule has 2 unspecified atom stereocenters. The molecular formula is C25H40NO+. The van der Waals surface area contributed by atoms with Gasteiger partial charge in [-0.2, -0.15) is 0 Å². The third-order valence-corrected chi connectivity index (χ3v) is 8.41. The predicted molar refractivity (Wildman–Crippen MR) is 112 cm³/mol. The summed E-state index contributed by atoms with van der Waals surface area (Å²) < 4.78 is 7.47. The zero-order valence-electron chi connectivity index (χ0n) is 17.7. The van der Waals surface area contributed by atoms with Crippen molar-refractivity contribution in [2.45, 2.75) is 65.3 Å². The van der Waals surface area contributed by atoms with Gasteiger partial charge in [0.05, 0.1) is 19.7 Å². The van der Waals surface area contributed by atoms with Crippen LogP contribution in [0.15, 0.2) is 30.3 Å². The molecule has 3 fully saturated rings. The van der Waals surface area contributed by atoms with E-state index in [0.29, 0.717) is 5.41 Å². The Hall–Kier alpha value is -0.860. The molecule has 3 aliphatic rings. The Labute approximate surface area is 166 Å². The summed E-state index contributed by atoms with van der Waals surface area (Å²) >= 11 is 0. The third kappa shape index (κ3) is 4.12. The summed E-state index contributed by atoms with van der Waals surface area (Å²) in [6.45, 7) is 12.0. The molecule has 1 saturated heterocycles. The number of hydrogen-bond donors (Lipinski definition) is 0. The molecule has 2 bridgehead atoms. The second-order valence-electron chi connectivity index (χ2n) is 10.2. The van der Waals surface area contributed by atoms with Gasteiger partial charge in [0.2, 0.25) is 0 Å². The van der Waals surface area contributed by atoms with Gasteiger partial charge in [-0.3, -0.25) is 0 Å². The van der Waals surface area contributed by atoms with Crippen molar-refractivity contribution in [3.05, 3.63) is 35.9 Å². The molecule has 2 heteroatoms. The molecule has 4 rings (SSSR count). The highest BCUT2D eigenvalue weighted by molar-refractivity contribution is 5.13. The largest absolute Gasteiger partial charge is 0.376 e. The summed E-state index contributed by atoms with van der Waals surface area (Å²) in [5.74, 6) is 2.90. The van der Waals surface area contributed by atoms with E-state index >= 15 is 0 Å². The first-order valence-electron chi connectivity index (χ1n) is 11.6. The first-order valence-corrected chi connectivity index (χ1v) is 11.6. The van der Waals surface area contributed by atoms with Crippen LogP contribution >= 0.6 is 0 Å². The molecule has 1 heterocycles. The normalized spacial score (nSPS) is 31.3. The van der Waals surface area contributed by atoms with Crippen LogP contribution in [0.2, 0.25) is 0 Å². The summed E-state index contributed by atoms with van der Waals surface area (Å²) in [4.78, 5) is 0. The number of likely N-dealkylation sites (tertiary alicyclic amines) is 1. The highest BCUT2D eigenvalue weighted by Gasteiger charge is 2.56. The van der Waals surface area contributed by atoms with Crippen LogP contribution in [0, 0.1) is 23.2 Å². The molecule has 150 valence electrons. The number of ether oxygens (including phenoxy) is 1. The van der Waals surface area contributed by atoms with Crippen LogP contribution in [0.25, 0.3) is 0 Å². The van der Waals surface area contributed by atoms with E-state index in [2.05, 4.69) is 44.2 Å². The molecule has 2 nitrogen and oxygen atoms in total. The molecule has 1 aromatic rings. The van der Waals surface area contributed by atoms with Gasteiger partial charge in [-0.15, -0.1) is 0 Å². The maximum absolute atomic E-state index is 6.22. The number of rotatable bonds is 8. The molecule has 0 aromatic heterocycles. The van der Waals surface area contributed by atoms with Gasteiger partial charge < -0.3 is 9.22 Å². The molecule has 2 atom stereocenters. The predicted octanol–water partition coefficient (Wildman–Crippen LogP) is 5.67. The first kappa shape index (κ1) is 19.5. The van der Waals surface area contributed by atoms with Crippen LogP contribution in [0.4, 0.5) is 0 Å². The highest BCUT2D eigenvalue weighted by atomic mass is 16.5. The van der Waals surface area contributed by atoms with Gasteiger partial charge in [-0.05, 0) is 61.7 Å². The van der Waals surface area contributed by atoms with Gasteiger partial charge in [0, 0.05) is 12.2 Å². The Bertz CT molecular complexity index is 576. The maximum Gasteiger partial charge on any atom is 0.104 e. The molecule has 2 saturated carbocycles. The standard InChI is InChI=1S/C25H40NO/c1-25(2)23-12-9-13-24(25)22(23)14-18-27-19-17-26(15-7-4-8-16-26)20-21-10-5-3-6-11-21/h3,5-6,10-11,22-24H,4,7-9,12-20H2,1-2H3/q+1. The van der Waals surface area contributed by atoms with Crippen LogP contribution in [0.1, 0.15) is 64.4 Å². The number of quaternary nitrogens is 1. The minimum Gasteiger partial charge on any atom is -0.376 e. The Morgan fingerprint density at radius 2 is 1.63 bits per heavy atom. The van der Waals surface area contributed by atoms with Gasteiger partial charge in [-0.1, -0.05) is 50.6 Å². The van der Waals surface area contributed by atoms with E-state index in [-0.39, 0.29) is 0 Å². The highest BCUT2D eigenvalue weighted by Crippen LogP contribution is 2.63. The average molecular weight is 371 g/mol. The molecule has 1 aliphatic heterocycles. The van der Waals surface area contributed by atoms with Crippen molar-refractivity contribution in [3.8, 4) is 0 Å². The van der Waals surface area contributed by atoms with Crippen molar-refractivity contribution in [1.82, 2.24) is 0 Å². The fourth-order valence-corrected chi connectivity index (χ4v) is 6.87. The van der Waals surface area contributed by atoms with E-state index in [0.717, 1.165) is 31.0 Å². The van der Waals surface area contributed by atoms with Gasteiger partial charge in [0.25, 0.3) is 0 Å². The summed E-state index contributed by atoms with van der Waals surface area (Å²) in [7, 11) is 0. The summed E-state index contributed by atoms with van der Waals surface area (Å²) in [5, 5.41) is 0. The van der Waals surface area contributed by atoms with E-state index < -0.39 is 0 Å². The lowest BCUT2D eigenvalue weighted by molar-refractivity contribution is -0.945. The lowest BCUT2D eigenvalue weighted by Crippen LogP contribution is -2.56. The fourth-order valence-electron chi connectivity index (χ4n) is 6.87. The zero-order chi connectivity index (χ0) is 18.7. The lowest BCUT2D eigenvalue weighted by atomic mass is 9.42. The van der Waals surface area contributed by atoms with Gasteiger partial charge >= 0.3 is 0 Å². The number of fused-ring (bicyclic) bond motifs is 2. The maximum atomic E-state index is 6.22. The molecule has 0 radical (unpaired) electrons. The summed E-state index contributed by atoms with van der Waals surface area (Å²) in [6.07, 6.45) is 9.88. The van der Waals surface area contributed by atoms with Gasteiger partial charge in [-0.25, -0.2) is 0 Å². The van der Waals surface area contributed by atoms with E-state index in [1.54, 1.807) is 0 Å². The second-order valence-corrected chi connectivity index (χ2v) is 10.2. The average Bonchev–Trinajstić information content (AvgIpc) is 2.69. The van der Waals surface area contributed by atoms with E-state index in [4.69, 9.17) is 4.74 Å². The van der Waals surface area contributed by atoms with E-state index in [9.17, 15) is 0 Å². The van der Waals surface area contributed by atoms with E-state index in [1.807, 2.05) is 0 Å². The minimum absolute atomic E-state index is 0.613. The molecule has 0 N–H and O–H groups in total. The van der Waals surface area contributed by atoms with Gasteiger partial charge in [0.15, 0.2) is 0 Å². The summed E-state index contributed by atoms with van der Waals surface area (Å²) in [6, 6.07) is 11.1. The molecule has 1 aromatic carbocycles. The molecule has 0 spiro atoms. The Morgan fingerprint density at radius 3 is 2.30 bits per heavy atom. The first-order chi connectivity index (χ1) is 13.1. The number of hydrogen-bond acceptors (Lipinski definition) is 1. The van der Waals surface area contributed by atoms with Crippen LogP contribution in [-0.2, 0) is 11.3 Å². The molecule has 0 amide bonds. The Kier molecular flexibility index (Phi) is 5.94. The Balaban J connectivity index is 1.23. The lowest BCUT2D eigenvalue weighted by Gasteiger charge is -2.63. The van der Waals surface area contributed by atoms with Crippen molar-refractivity contribution < 1.29 is 9.22 Å². The SMILES string of the molecule is CC1(C)C2CCCC1C2CCOCC[N+]1(Cc2ccccc2)CCCCC1. The molecule has 2 aliphatic carbocycles. The second kappa shape index (κ2) is 8.25. The smallest absolute Gasteiger partial charge is 0.104 e. The third-order valence-electron chi connectivity index (χ3n) is 8.41. The van der Waals surface area contributed by atoms with E-state index in [1.165, 1.54) is 81.2 Å². The van der Waals surface area contributed by atoms with Crippen LogP contribution in [0.3, 0.4) is 0 Å². The number of piperidine rings is 1. The van der Waals surface area contributed by atoms with Crippen molar-refractivity contribution >= 4 is 0 Å². The van der Waals surface area contributed by atoms with Crippen LogP contribution < -0.4 is 0 Å². The topological polar surface area (TPSA) is 9.23 Å². The van der Waals surface area contributed by atoms with Crippen molar-refractivity contribution in [3.63, 3.8) is 0 Å². The molecular weight excluding hydrogens is 330 g/mol. The fraction of sp³-hybridized carbons (Fsp3) is 0.760. The van der Waals surface area contributed by atoms with Crippen LogP contribution in [-0.4, -0.2) is 37.3 Å². The van der Waals surface area contributed by atoms with Crippen molar-refractivity contribution in [2.75, 3.05) is 32.8 Å². The zero-order valence-corrected chi connectivity index (χ0v) is 17.7. The Morgan fingerprint density at radius 1 is 0.926 bits per heavy atom. The van der Waals surface area contributed by atoms with Crippen LogP contribution in [0.5, 0.6) is 0 Å². The minimum atomic E-state index is 0.613. The monoisotopic (exact) mass is 370 g/mol. The number of nitrogens with zero attached hydrogens (tertiary/aromatic N) is 1. The summed E-state index contributed by atoms with van der Waals surface area (Å²) in [5.41, 5.74) is 2.10.